The SMILES string of the molecule is COC(=O)[C@@H](O)Cc1cccc(O)c1.COC(=O)[C@@H](O)Cc1cccc(OC(=O)C(C)(C)C)c1. The van der Waals surface area contributed by atoms with Gasteiger partial charge in [-0.2, -0.15) is 0 Å². The van der Waals surface area contributed by atoms with E-state index in [-0.39, 0.29) is 24.6 Å². The number of phenolic OH excluding ortho intramolecular Hbond substituents is 1. The van der Waals surface area contributed by atoms with Crippen LogP contribution in [0.1, 0.15) is 31.9 Å². The van der Waals surface area contributed by atoms with E-state index in [1.54, 1.807) is 57.2 Å². The molecule has 9 heteroatoms. The van der Waals surface area contributed by atoms with Crippen LogP contribution in [-0.4, -0.2) is 59.7 Å². The number of esters is 3. The van der Waals surface area contributed by atoms with Gasteiger partial charge in [0.25, 0.3) is 0 Å². The number of carbonyl (C=O) groups excluding carboxylic acids is 3. The first-order valence-corrected chi connectivity index (χ1v) is 10.5. The van der Waals surface area contributed by atoms with Crippen molar-refractivity contribution in [2.75, 3.05) is 14.2 Å². The topological polar surface area (TPSA) is 140 Å². The summed E-state index contributed by atoms with van der Waals surface area (Å²) in [4.78, 5) is 33.8. The summed E-state index contributed by atoms with van der Waals surface area (Å²) >= 11 is 0. The lowest BCUT2D eigenvalue weighted by Crippen LogP contribution is -2.26. The first-order valence-electron chi connectivity index (χ1n) is 10.5. The van der Waals surface area contributed by atoms with E-state index >= 15 is 0 Å². The summed E-state index contributed by atoms with van der Waals surface area (Å²) in [6, 6.07) is 13.1. The second kappa shape index (κ2) is 13.3. The number of hydrogen-bond donors (Lipinski definition) is 3. The van der Waals surface area contributed by atoms with Gasteiger partial charge in [-0.25, -0.2) is 9.59 Å². The van der Waals surface area contributed by atoms with Gasteiger partial charge in [0.2, 0.25) is 0 Å². The predicted octanol–water partition coefficient (Wildman–Crippen LogP) is 2.18. The van der Waals surface area contributed by atoms with Crippen LogP contribution in [-0.2, 0) is 36.7 Å². The second-order valence-electron chi connectivity index (χ2n) is 8.44. The van der Waals surface area contributed by atoms with Gasteiger partial charge in [0.05, 0.1) is 19.6 Å². The van der Waals surface area contributed by atoms with Crippen LogP contribution in [0.25, 0.3) is 0 Å². The quantitative estimate of drug-likeness (QED) is 0.405. The monoisotopic (exact) mass is 476 g/mol. The van der Waals surface area contributed by atoms with E-state index < -0.39 is 29.6 Å². The summed E-state index contributed by atoms with van der Waals surface area (Å²) in [7, 11) is 2.43. The average Bonchev–Trinajstić information content (AvgIpc) is 2.77. The zero-order chi connectivity index (χ0) is 25.9. The van der Waals surface area contributed by atoms with Crippen molar-refractivity contribution < 1.29 is 43.9 Å². The summed E-state index contributed by atoms with van der Waals surface area (Å²) in [5.74, 6) is -1.21. The smallest absolute Gasteiger partial charge is 0.335 e. The van der Waals surface area contributed by atoms with Gasteiger partial charge in [0.15, 0.2) is 12.2 Å². The molecule has 0 aliphatic rings. The number of aliphatic hydroxyl groups is 2. The van der Waals surface area contributed by atoms with E-state index in [0.29, 0.717) is 16.9 Å². The highest BCUT2D eigenvalue weighted by Crippen LogP contribution is 2.21. The summed E-state index contributed by atoms with van der Waals surface area (Å²) in [5.41, 5.74) is 0.770. The minimum atomic E-state index is -1.23. The lowest BCUT2D eigenvalue weighted by Gasteiger charge is -2.16. The van der Waals surface area contributed by atoms with Crippen LogP contribution in [0, 0.1) is 5.41 Å². The van der Waals surface area contributed by atoms with Gasteiger partial charge in [-0.15, -0.1) is 0 Å². The Bertz CT molecular complexity index is 963. The number of benzene rings is 2. The Labute approximate surface area is 198 Å². The Morgan fingerprint density at radius 3 is 1.74 bits per heavy atom. The lowest BCUT2D eigenvalue weighted by atomic mass is 9.97. The predicted molar refractivity (Wildman–Crippen MR) is 123 cm³/mol. The third-order valence-corrected chi connectivity index (χ3v) is 4.44. The van der Waals surface area contributed by atoms with Gasteiger partial charge < -0.3 is 29.5 Å². The Kier molecular flexibility index (Phi) is 11.2. The molecule has 0 aliphatic heterocycles. The normalized spacial score (nSPS) is 12.4. The minimum absolute atomic E-state index is 0.105. The van der Waals surface area contributed by atoms with E-state index in [1.165, 1.54) is 26.4 Å². The maximum Gasteiger partial charge on any atom is 0.335 e. The van der Waals surface area contributed by atoms with Gasteiger partial charge in [-0.1, -0.05) is 24.3 Å². The number of hydrogen-bond acceptors (Lipinski definition) is 9. The molecule has 0 saturated carbocycles. The van der Waals surface area contributed by atoms with Gasteiger partial charge in [0, 0.05) is 12.8 Å². The largest absolute Gasteiger partial charge is 0.508 e. The molecular formula is C25H32O9. The molecule has 2 atom stereocenters. The van der Waals surface area contributed by atoms with Crippen molar-refractivity contribution >= 4 is 17.9 Å². The molecule has 2 aromatic rings. The molecule has 186 valence electrons. The number of aromatic hydroxyl groups is 1. The molecule has 0 saturated heterocycles. The van der Waals surface area contributed by atoms with Crippen LogP contribution in [0.4, 0.5) is 0 Å². The van der Waals surface area contributed by atoms with Gasteiger partial charge >= 0.3 is 17.9 Å². The van der Waals surface area contributed by atoms with E-state index in [9.17, 15) is 24.6 Å². The molecule has 0 fully saturated rings. The highest BCUT2D eigenvalue weighted by molar-refractivity contribution is 5.78. The Hall–Kier alpha value is -3.43. The van der Waals surface area contributed by atoms with Crippen molar-refractivity contribution in [2.45, 2.75) is 45.8 Å². The molecule has 0 bridgehead atoms. The highest BCUT2D eigenvalue weighted by atomic mass is 16.5. The summed E-state index contributed by atoms with van der Waals surface area (Å²) < 4.78 is 14.1. The third kappa shape index (κ3) is 10.0. The molecule has 0 radical (unpaired) electrons. The van der Waals surface area contributed by atoms with E-state index in [1.807, 2.05) is 0 Å². The molecule has 9 nitrogen and oxygen atoms in total. The van der Waals surface area contributed by atoms with Crippen LogP contribution in [0.3, 0.4) is 0 Å². The van der Waals surface area contributed by atoms with Crippen molar-refractivity contribution in [3.63, 3.8) is 0 Å². The van der Waals surface area contributed by atoms with E-state index in [0.717, 1.165) is 0 Å². The van der Waals surface area contributed by atoms with Crippen LogP contribution in [0.15, 0.2) is 48.5 Å². The Balaban J connectivity index is 0.000000362. The maximum atomic E-state index is 11.8. The zero-order valence-electron chi connectivity index (χ0n) is 20.0. The highest BCUT2D eigenvalue weighted by Gasteiger charge is 2.24. The Morgan fingerprint density at radius 2 is 1.29 bits per heavy atom. The fourth-order valence-corrected chi connectivity index (χ4v) is 2.56. The molecule has 0 amide bonds. The standard InChI is InChI=1S/C15H20O5.C10H12O4/c1-15(2,3)14(18)20-11-7-5-6-10(8-11)9-12(16)13(17)19-4;1-14-10(13)9(12)6-7-3-2-4-8(11)5-7/h5-8,12,16H,9H2,1-4H3;2-5,9,11-12H,6H2,1H3/t12-;9-/m00/s1. The number of carbonyl (C=O) groups is 3. The lowest BCUT2D eigenvalue weighted by molar-refractivity contribution is -0.150. The van der Waals surface area contributed by atoms with Crippen molar-refractivity contribution in [1.82, 2.24) is 0 Å². The third-order valence-electron chi connectivity index (χ3n) is 4.44. The number of methoxy groups -OCH3 is 2. The van der Waals surface area contributed by atoms with Crippen LogP contribution >= 0.6 is 0 Å². The van der Waals surface area contributed by atoms with E-state index in [2.05, 4.69) is 9.47 Å². The fourth-order valence-electron chi connectivity index (χ4n) is 2.56. The molecule has 2 aromatic carbocycles. The number of phenols is 1. The summed E-state index contributed by atoms with van der Waals surface area (Å²) in [6.45, 7) is 5.29. The molecule has 0 unspecified atom stereocenters. The molecule has 2 rings (SSSR count). The van der Waals surface area contributed by atoms with Crippen molar-refractivity contribution in [1.29, 1.82) is 0 Å². The first kappa shape index (κ1) is 28.6. The number of rotatable bonds is 7. The van der Waals surface area contributed by atoms with Crippen LogP contribution in [0.5, 0.6) is 11.5 Å². The van der Waals surface area contributed by atoms with Gasteiger partial charge in [0.1, 0.15) is 11.5 Å². The molecule has 0 aromatic heterocycles. The fraction of sp³-hybridized carbons (Fsp3) is 0.400. The number of ether oxygens (including phenoxy) is 3. The Morgan fingerprint density at radius 1 is 0.824 bits per heavy atom. The summed E-state index contributed by atoms with van der Waals surface area (Å²) in [6.07, 6.45) is -2.16. The first-order chi connectivity index (χ1) is 15.9. The average molecular weight is 477 g/mol. The number of aliphatic hydroxyl groups excluding tert-OH is 2. The van der Waals surface area contributed by atoms with E-state index in [4.69, 9.17) is 9.84 Å². The molecule has 34 heavy (non-hydrogen) atoms. The van der Waals surface area contributed by atoms with Crippen molar-refractivity contribution in [2.24, 2.45) is 5.41 Å². The van der Waals surface area contributed by atoms with Crippen molar-refractivity contribution in [3.05, 3.63) is 59.7 Å². The summed E-state index contributed by atoms with van der Waals surface area (Å²) in [5, 5.41) is 28.0. The molecule has 3 N–H and O–H groups in total. The van der Waals surface area contributed by atoms with Gasteiger partial charge in [-0.3, -0.25) is 4.79 Å². The van der Waals surface area contributed by atoms with Crippen LogP contribution < -0.4 is 4.74 Å². The molecule has 0 aliphatic carbocycles. The molecule has 0 spiro atoms. The van der Waals surface area contributed by atoms with Crippen molar-refractivity contribution in [3.8, 4) is 11.5 Å². The van der Waals surface area contributed by atoms with Crippen LogP contribution in [0.2, 0.25) is 0 Å². The van der Waals surface area contributed by atoms with Gasteiger partial charge in [-0.05, 0) is 56.2 Å². The molecular weight excluding hydrogens is 444 g/mol. The zero-order valence-corrected chi connectivity index (χ0v) is 20.0. The maximum absolute atomic E-state index is 11.8. The molecule has 0 heterocycles. The minimum Gasteiger partial charge on any atom is -0.508 e. The second-order valence-corrected chi connectivity index (χ2v) is 8.44.